The fourth-order valence-corrected chi connectivity index (χ4v) is 1.86. The van der Waals surface area contributed by atoms with Crippen LogP contribution in [0.15, 0.2) is 30.5 Å². The molecular weight excluding hydrogens is 264 g/mol. The molecule has 0 aliphatic heterocycles. The molecule has 5 heteroatoms. The maximum Gasteiger partial charge on any atom is 0.218 e. The minimum Gasteiger partial charge on any atom is -0.478 e. The smallest absolute Gasteiger partial charge is 0.218 e. The number of nitrogens with zero attached hydrogens (tertiary/aromatic N) is 3. The van der Waals surface area contributed by atoms with Crippen molar-refractivity contribution in [2.45, 2.75) is 39.7 Å². The molecule has 2 aromatic heterocycles. The van der Waals surface area contributed by atoms with Crippen molar-refractivity contribution in [1.82, 2.24) is 15.0 Å². The summed E-state index contributed by atoms with van der Waals surface area (Å²) in [6.07, 6.45) is 4.61. The van der Waals surface area contributed by atoms with Gasteiger partial charge in [0.25, 0.3) is 0 Å². The molecule has 0 saturated carbocycles. The van der Waals surface area contributed by atoms with Crippen molar-refractivity contribution in [1.29, 1.82) is 0 Å². The first-order valence-electron chi connectivity index (χ1n) is 7.46. The van der Waals surface area contributed by atoms with Crippen molar-refractivity contribution in [3.63, 3.8) is 0 Å². The second kappa shape index (κ2) is 8.19. The van der Waals surface area contributed by atoms with Gasteiger partial charge in [0, 0.05) is 18.7 Å². The third kappa shape index (κ3) is 5.02. The van der Waals surface area contributed by atoms with Crippen molar-refractivity contribution < 1.29 is 4.74 Å². The predicted molar refractivity (Wildman–Crippen MR) is 83.4 cm³/mol. The van der Waals surface area contributed by atoms with E-state index in [4.69, 9.17) is 4.74 Å². The van der Waals surface area contributed by atoms with Gasteiger partial charge < -0.3 is 10.1 Å². The number of anilines is 1. The average Bonchev–Trinajstić information content (AvgIpc) is 2.52. The molecule has 112 valence electrons. The summed E-state index contributed by atoms with van der Waals surface area (Å²) < 4.78 is 5.63. The van der Waals surface area contributed by atoms with Gasteiger partial charge in [-0.2, -0.15) is 4.98 Å². The first-order chi connectivity index (χ1) is 10.3. The van der Waals surface area contributed by atoms with E-state index in [9.17, 15) is 0 Å². The molecule has 2 heterocycles. The minimum atomic E-state index is 0.636. The van der Waals surface area contributed by atoms with Crippen LogP contribution >= 0.6 is 0 Å². The number of rotatable bonds is 8. The summed E-state index contributed by atoms with van der Waals surface area (Å²) in [5, 5.41) is 3.28. The zero-order chi connectivity index (χ0) is 14.9. The van der Waals surface area contributed by atoms with Gasteiger partial charge in [-0.3, -0.25) is 4.98 Å². The number of hydrogen-bond acceptors (Lipinski definition) is 5. The number of aromatic nitrogens is 3. The highest BCUT2D eigenvalue weighted by atomic mass is 16.5. The molecule has 1 N–H and O–H groups in total. The second-order valence-electron chi connectivity index (χ2n) is 4.78. The van der Waals surface area contributed by atoms with Crippen LogP contribution in [0.3, 0.4) is 0 Å². The lowest BCUT2D eigenvalue weighted by atomic mass is 10.3. The summed E-state index contributed by atoms with van der Waals surface area (Å²) in [7, 11) is 0. The standard InChI is InChI=1S/C16H22N4O/c1-3-7-14-19-15(11-16(20-14)21-10-4-2)18-12-13-8-5-6-9-17-13/h5-6,8-9,11H,3-4,7,10,12H2,1-2H3,(H,18,19,20). The van der Waals surface area contributed by atoms with Crippen molar-refractivity contribution in [3.8, 4) is 5.88 Å². The molecular formula is C16H22N4O. The van der Waals surface area contributed by atoms with Gasteiger partial charge in [0.2, 0.25) is 5.88 Å². The van der Waals surface area contributed by atoms with E-state index in [2.05, 4.69) is 34.1 Å². The number of hydrogen-bond donors (Lipinski definition) is 1. The second-order valence-corrected chi connectivity index (χ2v) is 4.78. The summed E-state index contributed by atoms with van der Waals surface area (Å²) in [5.74, 6) is 2.23. The molecule has 2 aromatic rings. The van der Waals surface area contributed by atoms with Gasteiger partial charge in [0.05, 0.1) is 18.8 Å². The lowest BCUT2D eigenvalue weighted by molar-refractivity contribution is 0.303. The monoisotopic (exact) mass is 286 g/mol. The molecule has 0 radical (unpaired) electrons. The number of nitrogens with one attached hydrogen (secondary N) is 1. The van der Waals surface area contributed by atoms with Crippen LogP contribution in [0, 0.1) is 0 Å². The van der Waals surface area contributed by atoms with Gasteiger partial charge in [0.1, 0.15) is 11.6 Å². The van der Waals surface area contributed by atoms with E-state index in [1.54, 1.807) is 6.20 Å². The summed E-state index contributed by atoms with van der Waals surface area (Å²) in [5.41, 5.74) is 0.976. The number of pyridine rings is 1. The topological polar surface area (TPSA) is 59.9 Å². The molecule has 0 aliphatic rings. The number of aryl methyl sites for hydroxylation is 1. The van der Waals surface area contributed by atoms with E-state index in [1.807, 2.05) is 24.3 Å². The van der Waals surface area contributed by atoms with Crippen molar-refractivity contribution in [3.05, 3.63) is 42.0 Å². The Morgan fingerprint density at radius 2 is 2.05 bits per heavy atom. The van der Waals surface area contributed by atoms with E-state index >= 15 is 0 Å². The Bertz CT molecular complexity index is 545. The van der Waals surface area contributed by atoms with E-state index < -0.39 is 0 Å². The highest BCUT2D eigenvalue weighted by molar-refractivity contribution is 5.39. The number of ether oxygens (including phenoxy) is 1. The molecule has 0 amide bonds. The molecule has 0 fully saturated rings. The summed E-state index contributed by atoms with van der Waals surface area (Å²) in [6.45, 7) is 5.50. The summed E-state index contributed by atoms with van der Waals surface area (Å²) in [4.78, 5) is 13.2. The van der Waals surface area contributed by atoms with E-state index in [0.717, 1.165) is 36.6 Å². The van der Waals surface area contributed by atoms with E-state index in [0.29, 0.717) is 19.0 Å². The highest BCUT2D eigenvalue weighted by Crippen LogP contribution is 2.15. The Kier molecular flexibility index (Phi) is 5.94. The molecule has 0 atom stereocenters. The molecule has 0 unspecified atom stereocenters. The Balaban J connectivity index is 2.07. The lowest BCUT2D eigenvalue weighted by Gasteiger charge is -2.10. The van der Waals surface area contributed by atoms with Gasteiger partial charge in [0.15, 0.2) is 0 Å². The molecule has 0 bridgehead atoms. The molecule has 5 nitrogen and oxygen atoms in total. The van der Waals surface area contributed by atoms with Crippen LogP contribution in [0.4, 0.5) is 5.82 Å². The first kappa shape index (κ1) is 15.2. The highest BCUT2D eigenvalue weighted by Gasteiger charge is 2.05. The average molecular weight is 286 g/mol. The Morgan fingerprint density at radius 3 is 2.76 bits per heavy atom. The third-order valence-corrected chi connectivity index (χ3v) is 2.85. The van der Waals surface area contributed by atoms with Crippen LogP contribution in [0.1, 0.15) is 38.2 Å². The third-order valence-electron chi connectivity index (χ3n) is 2.85. The van der Waals surface area contributed by atoms with Crippen molar-refractivity contribution >= 4 is 5.82 Å². The molecule has 0 saturated heterocycles. The van der Waals surface area contributed by atoms with Crippen molar-refractivity contribution in [2.75, 3.05) is 11.9 Å². The van der Waals surface area contributed by atoms with Crippen molar-refractivity contribution in [2.24, 2.45) is 0 Å². The zero-order valence-electron chi connectivity index (χ0n) is 12.7. The normalized spacial score (nSPS) is 10.4. The van der Waals surface area contributed by atoms with Gasteiger partial charge in [-0.25, -0.2) is 4.98 Å². The quantitative estimate of drug-likeness (QED) is 0.807. The molecule has 21 heavy (non-hydrogen) atoms. The van der Waals surface area contributed by atoms with E-state index in [1.165, 1.54) is 0 Å². The molecule has 0 aliphatic carbocycles. The minimum absolute atomic E-state index is 0.636. The fourth-order valence-electron chi connectivity index (χ4n) is 1.86. The Hall–Kier alpha value is -2.17. The zero-order valence-corrected chi connectivity index (χ0v) is 12.7. The van der Waals surface area contributed by atoms with Gasteiger partial charge in [-0.1, -0.05) is 19.9 Å². The van der Waals surface area contributed by atoms with Crippen LogP contribution in [0.25, 0.3) is 0 Å². The largest absolute Gasteiger partial charge is 0.478 e. The van der Waals surface area contributed by atoms with Crippen LogP contribution in [0.2, 0.25) is 0 Å². The van der Waals surface area contributed by atoms with Crippen LogP contribution in [-0.4, -0.2) is 21.6 Å². The van der Waals surface area contributed by atoms with Crippen LogP contribution < -0.4 is 10.1 Å². The van der Waals surface area contributed by atoms with Crippen LogP contribution in [0.5, 0.6) is 5.88 Å². The maximum absolute atomic E-state index is 5.63. The maximum atomic E-state index is 5.63. The molecule has 2 rings (SSSR count). The summed E-state index contributed by atoms with van der Waals surface area (Å²) in [6, 6.07) is 7.71. The first-order valence-corrected chi connectivity index (χ1v) is 7.46. The Morgan fingerprint density at radius 1 is 1.14 bits per heavy atom. The SMILES string of the molecule is CCCOc1cc(NCc2ccccn2)nc(CCC)n1. The molecule has 0 aromatic carbocycles. The van der Waals surface area contributed by atoms with E-state index in [-0.39, 0.29) is 0 Å². The van der Waals surface area contributed by atoms with Gasteiger partial charge >= 0.3 is 0 Å². The van der Waals surface area contributed by atoms with Gasteiger partial charge in [-0.15, -0.1) is 0 Å². The Labute approximate surface area is 125 Å². The van der Waals surface area contributed by atoms with Crippen LogP contribution in [-0.2, 0) is 13.0 Å². The predicted octanol–water partition coefficient (Wildman–Crippen LogP) is 3.23. The van der Waals surface area contributed by atoms with Gasteiger partial charge in [-0.05, 0) is 25.0 Å². The fraction of sp³-hybridized carbons (Fsp3) is 0.438. The summed E-state index contributed by atoms with van der Waals surface area (Å²) >= 11 is 0. The molecule has 0 spiro atoms. The lowest BCUT2D eigenvalue weighted by Crippen LogP contribution is -2.07.